The van der Waals surface area contributed by atoms with E-state index in [0.717, 1.165) is 12.6 Å². The van der Waals surface area contributed by atoms with Crippen LogP contribution in [0, 0.1) is 0 Å². The summed E-state index contributed by atoms with van der Waals surface area (Å²) in [5, 5.41) is 0. The summed E-state index contributed by atoms with van der Waals surface area (Å²) in [6.07, 6.45) is 5.72. The zero-order valence-electron chi connectivity index (χ0n) is 11.1. The first kappa shape index (κ1) is 13.3. The number of nitrogens with zero attached hydrogens (tertiary/aromatic N) is 2. The standard InChI is InChI=1S/C13H27N3O/c1-17-13(9-14)11-15-8-5-12(10-15)16-6-3-2-4-7-16/h12-13H,2-11,14H2,1H3. The minimum atomic E-state index is 0.204. The van der Waals surface area contributed by atoms with E-state index >= 15 is 0 Å². The van der Waals surface area contributed by atoms with Crippen molar-refractivity contribution in [1.29, 1.82) is 0 Å². The van der Waals surface area contributed by atoms with Gasteiger partial charge in [0.15, 0.2) is 0 Å². The summed E-state index contributed by atoms with van der Waals surface area (Å²) < 4.78 is 5.36. The highest BCUT2D eigenvalue weighted by Crippen LogP contribution is 2.20. The van der Waals surface area contributed by atoms with Gasteiger partial charge in [0.1, 0.15) is 0 Å². The monoisotopic (exact) mass is 241 g/mol. The number of likely N-dealkylation sites (tertiary alicyclic amines) is 2. The molecule has 2 rings (SSSR count). The van der Waals surface area contributed by atoms with Gasteiger partial charge in [-0.2, -0.15) is 0 Å². The zero-order valence-corrected chi connectivity index (χ0v) is 11.1. The van der Waals surface area contributed by atoms with E-state index in [0.29, 0.717) is 6.54 Å². The number of rotatable bonds is 5. The molecule has 2 saturated heterocycles. The molecule has 2 N–H and O–H groups in total. The van der Waals surface area contributed by atoms with Gasteiger partial charge >= 0.3 is 0 Å². The summed E-state index contributed by atoms with van der Waals surface area (Å²) in [5.74, 6) is 0. The highest BCUT2D eigenvalue weighted by molar-refractivity contribution is 4.85. The van der Waals surface area contributed by atoms with Crippen molar-refractivity contribution in [2.45, 2.75) is 37.8 Å². The second kappa shape index (κ2) is 6.69. The van der Waals surface area contributed by atoms with Crippen molar-refractivity contribution in [1.82, 2.24) is 9.80 Å². The van der Waals surface area contributed by atoms with Gasteiger partial charge in [-0.15, -0.1) is 0 Å². The van der Waals surface area contributed by atoms with Gasteiger partial charge in [-0.3, -0.25) is 9.80 Å². The van der Waals surface area contributed by atoms with E-state index in [9.17, 15) is 0 Å². The summed E-state index contributed by atoms with van der Waals surface area (Å²) >= 11 is 0. The summed E-state index contributed by atoms with van der Waals surface area (Å²) in [6, 6.07) is 0.783. The number of methoxy groups -OCH3 is 1. The van der Waals surface area contributed by atoms with E-state index in [1.807, 2.05) is 0 Å². The maximum absolute atomic E-state index is 5.68. The first-order valence-corrected chi connectivity index (χ1v) is 7.02. The van der Waals surface area contributed by atoms with E-state index in [4.69, 9.17) is 10.5 Å². The van der Waals surface area contributed by atoms with E-state index in [1.54, 1.807) is 7.11 Å². The van der Waals surface area contributed by atoms with Crippen LogP contribution in [0.4, 0.5) is 0 Å². The van der Waals surface area contributed by atoms with E-state index < -0.39 is 0 Å². The normalized spacial score (nSPS) is 29.6. The lowest BCUT2D eigenvalue weighted by atomic mass is 10.1. The Balaban J connectivity index is 1.74. The van der Waals surface area contributed by atoms with Crippen LogP contribution in [0.1, 0.15) is 25.7 Å². The molecule has 0 aromatic heterocycles. The molecule has 2 aliphatic heterocycles. The fraction of sp³-hybridized carbons (Fsp3) is 1.00. The third-order valence-corrected chi connectivity index (χ3v) is 4.21. The van der Waals surface area contributed by atoms with Crippen LogP contribution in [0.3, 0.4) is 0 Å². The molecule has 0 aliphatic carbocycles. The smallest absolute Gasteiger partial charge is 0.0820 e. The molecule has 2 heterocycles. The van der Waals surface area contributed by atoms with Crippen LogP contribution in [-0.2, 0) is 4.74 Å². The largest absolute Gasteiger partial charge is 0.379 e. The van der Waals surface area contributed by atoms with Gasteiger partial charge in [0.05, 0.1) is 6.10 Å². The minimum absolute atomic E-state index is 0.204. The van der Waals surface area contributed by atoms with Crippen molar-refractivity contribution in [3.8, 4) is 0 Å². The highest BCUT2D eigenvalue weighted by atomic mass is 16.5. The lowest BCUT2D eigenvalue weighted by Crippen LogP contribution is -2.42. The number of hydrogen-bond acceptors (Lipinski definition) is 4. The second-order valence-corrected chi connectivity index (χ2v) is 5.39. The van der Waals surface area contributed by atoms with Crippen molar-refractivity contribution >= 4 is 0 Å². The molecule has 0 aromatic rings. The first-order chi connectivity index (χ1) is 8.33. The summed E-state index contributed by atoms with van der Waals surface area (Å²) in [4.78, 5) is 5.20. The fourth-order valence-corrected chi connectivity index (χ4v) is 3.09. The van der Waals surface area contributed by atoms with E-state index in [2.05, 4.69) is 9.80 Å². The second-order valence-electron chi connectivity index (χ2n) is 5.39. The Morgan fingerprint density at radius 2 is 2.00 bits per heavy atom. The Kier molecular flexibility index (Phi) is 5.22. The zero-order chi connectivity index (χ0) is 12.1. The molecular formula is C13H27N3O. The highest BCUT2D eigenvalue weighted by Gasteiger charge is 2.29. The molecule has 4 heteroatoms. The molecule has 0 bridgehead atoms. The van der Waals surface area contributed by atoms with Crippen LogP contribution in [0.25, 0.3) is 0 Å². The van der Waals surface area contributed by atoms with Crippen LogP contribution < -0.4 is 5.73 Å². The lowest BCUT2D eigenvalue weighted by Gasteiger charge is -2.32. The predicted molar refractivity (Wildman–Crippen MR) is 70.1 cm³/mol. The molecule has 2 aliphatic rings. The number of ether oxygens (including phenoxy) is 1. The lowest BCUT2D eigenvalue weighted by molar-refractivity contribution is 0.0734. The third-order valence-electron chi connectivity index (χ3n) is 4.21. The van der Waals surface area contributed by atoms with Gasteiger partial charge in [-0.05, 0) is 38.9 Å². The Hall–Kier alpha value is -0.160. The van der Waals surface area contributed by atoms with Crippen LogP contribution in [0.5, 0.6) is 0 Å². The number of hydrogen-bond donors (Lipinski definition) is 1. The average molecular weight is 241 g/mol. The van der Waals surface area contributed by atoms with Gasteiger partial charge < -0.3 is 10.5 Å². The summed E-state index contributed by atoms with van der Waals surface area (Å²) in [5.41, 5.74) is 5.68. The van der Waals surface area contributed by atoms with Crippen molar-refractivity contribution < 1.29 is 4.74 Å². The Morgan fingerprint density at radius 3 is 2.65 bits per heavy atom. The topological polar surface area (TPSA) is 41.7 Å². The molecule has 100 valence electrons. The SMILES string of the molecule is COC(CN)CN1CCC(N2CCCCC2)C1. The molecule has 2 unspecified atom stereocenters. The van der Waals surface area contributed by atoms with Gasteiger partial charge in [0, 0.05) is 32.8 Å². The van der Waals surface area contributed by atoms with Gasteiger partial charge in [-0.1, -0.05) is 6.42 Å². The number of piperidine rings is 1. The molecule has 0 amide bonds. The molecule has 4 nitrogen and oxygen atoms in total. The van der Waals surface area contributed by atoms with Gasteiger partial charge in [-0.25, -0.2) is 0 Å². The molecule has 0 spiro atoms. The van der Waals surface area contributed by atoms with Gasteiger partial charge in [0.25, 0.3) is 0 Å². The summed E-state index contributed by atoms with van der Waals surface area (Å²) in [7, 11) is 1.76. The van der Waals surface area contributed by atoms with E-state index in [-0.39, 0.29) is 6.10 Å². The van der Waals surface area contributed by atoms with E-state index in [1.165, 1.54) is 51.9 Å². The molecule has 0 saturated carbocycles. The Labute approximate surface area is 105 Å². The van der Waals surface area contributed by atoms with Crippen molar-refractivity contribution in [3.05, 3.63) is 0 Å². The minimum Gasteiger partial charge on any atom is -0.379 e. The van der Waals surface area contributed by atoms with Crippen LogP contribution in [0.2, 0.25) is 0 Å². The predicted octanol–water partition coefficient (Wildman–Crippen LogP) is 0.520. The first-order valence-electron chi connectivity index (χ1n) is 7.02. The maximum atomic E-state index is 5.68. The molecule has 0 radical (unpaired) electrons. The fourth-order valence-electron chi connectivity index (χ4n) is 3.09. The molecule has 2 fully saturated rings. The Bertz CT molecular complexity index is 215. The van der Waals surface area contributed by atoms with Crippen LogP contribution in [0.15, 0.2) is 0 Å². The Morgan fingerprint density at radius 1 is 1.24 bits per heavy atom. The van der Waals surface area contributed by atoms with Gasteiger partial charge in [0.2, 0.25) is 0 Å². The molecule has 17 heavy (non-hydrogen) atoms. The van der Waals surface area contributed by atoms with Crippen LogP contribution >= 0.6 is 0 Å². The average Bonchev–Trinajstić information content (AvgIpc) is 2.85. The maximum Gasteiger partial charge on any atom is 0.0820 e. The van der Waals surface area contributed by atoms with Crippen molar-refractivity contribution in [3.63, 3.8) is 0 Å². The van der Waals surface area contributed by atoms with Crippen molar-refractivity contribution in [2.75, 3.05) is 46.4 Å². The summed E-state index contributed by atoms with van der Waals surface area (Å²) in [6.45, 7) is 6.66. The molecule has 0 aromatic carbocycles. The van der Waals surface area contributed by atoms with Crippen LogP contribution in [-0.4, -0.2) is 68.3 Å². The molecule has 2 atom stereocenters. The number of nitrogens with two attached hydrogens (primary N) is 1. The quantitative estimate of drug-likeness (QED) is 0.762. The molecular weight excluding hydrogens is 214 g/mol. The third kappa shape index (κ3) is 3.65. The van der Waals surface area contributed by atoms with Crippen molar-refractivity contribution in [2.24, 2.45) is 5.73 Å².